The van der Waals surface area contributed by atoms with E-state index in [-0.39, 0.29) is 5.91 Å². The first-order chi connectivity index (χ1) is 11.5. The van der Waals surface area contributed by atoms with Crippen LogP contribution in [-0.4, -0.2) is 15.5 Å². The zero-order valence-corrected chi connectivity index (χ0v) is 15.0. The third-order valence-corrected chi connectivity index (χ3v) is 5.04. The standard InChI is InChI=1S/C19H21N3OS/c1-13-4-5-14(2)16(12-13)21-17(23)6-9-22-10-8-20-19(22)18-15(3)7-11-24-18/h4-5,7-8,10-12H,6,9H2,1-3H3,(H,21,23). The van der Waals surface area contributed by atoms with E-state index in [1.807, 2.05) is 42.8 Å². The lowest BCUT2D eigenvalue weighted by Crippen LogP contribution is -2.15. The van der Waals surface area contributed by atoms with Gasteiger partial charge in [-0.1, -0.05) is 12.1 Å². The Morgan fingerprint density at radius 2 is 2.04 bits per heavy atom. The molecule has 3 rings (SSSR count). The summed E-state index contributed by atoms with van der Waals surface area (Å²) in [6.07, 6.45) is 4.14. The lowest BCUT2D eigenvalue weighted by Gasteiger charge is -2.11. The molecule has 2 aromatic heterocycles. The number of aromatic nitrogens is 2. The van der Waals surface area contributed by atoms with Crippen molar-refractivity contribution >= 4 is 22.9 Å². The number of aryl methyl sites for hydroxylation is 4. The van der Waals surface area contributed by atoms with Crippen molar-refractivity contribution in [1.29, 1.82) is 0 Å². The molecule has 0 radical (unpaired) electrons. The van der Waals surface area contributed by atoms with Crippen molar-refractivity contribution in [1.82, 2.24) is 9.55 Å². The molecular weight excluding hydrogens is 318 g/mol. The van der Waals surface area contributed by atoms with Crippen LogP contribution in [0.15, 0.2) is 42.0 Å². The number of rotatable bonds is 5. The van der Waals surface area contributed by atoms with Gasteiger partial charge in [-0.3, -0.25) is 4.79 Å². The number of anilines is 1. The van der Waals surface area contributed by atoms with E-state index in [0.29, 0.717) is 13.0 Å². The van der Waals surface area contributed by atoms with Crippen molar-refractivity contribution in [3.63, 3.8) is 0 Å². The van der Waals surface area contributed by atoms with E-state index in [4.69, 9.17) is 0 Å². The lowest BCUT2D eigenvalue weighted by atomic mass is 10.1. The van der Waals surface area contributed by atoms with Crippen LogP contribution in [0.4, 0.5) is 5.69 Å². The molecule has 0 unspecified atom stereocenters. The maximum Gasteiger partial charge on any atom is 0.226 e. The Bertz CT molecular complexity index is 863. The number of nitrogens with zero attached hydrogens (tertiary/aromatic N) is 2. The first-order valence-electron chi connectivity index (χ1n) is 7.97. The summed E-state index contributed by atoms with van der Waals surface area (Å²) in [5, 5.41) is 5.08. The average molecular weight is 339 g/mol. The molecule has 0 bridgehead atoms. The molecule has 0 aliphatic rings. The fourth-order valence-electron chi connectivity index (χ4n) is 2.61. The van der Waals surface area contributed by atoms with Gasteiger partial charge in [0.2, 0.25) is 5.91 Å². The zero-order valence-electron chi connectivity index (χ0n) is 14.2. The Morgan fingerprint density at radius 1 is 1.21 bits per heavy atom. The highest BCUT2D eigenvalue weighted by Gasteiger charge is 2.12. The van der Waals surface area contributed by atoms with Crippen LogP contribution in [0.3, 0.4) is 0 Å². The molecule has 0 saturated heterocycles. The highest BCUT2D eigenvalue weighted by molar-refractivity contribution is 7.13. The van der Waals surface area contributed by atoms with Crippen LogP contribution in [0.2, 0.25) is 0 Å². The summed E-state index contributed by atoms with van der Waals surface area (Å²) < 4.78 is 2.04. The van der Waals surface area contributed by atoms with Gasteiger partial charge < -0.3 is 9.88 Å². The van der Waals surface area contributed by atoms with Crippen LogP contribution in [0.1, 0.15) is 23.1 Å². The molecule has 4 nitrogen and oxygen atoms in total. The van der Waals surface area contributed by atoms with E-state index in [0.717, 1.165) is 27.5 Å². The SMILES string of the molecule is Cc1ccc(C)c(NC(=O)CCn2ccnc2-c2sccc2C)c1. The largest absolute Gasteiger partial charge is 0.330 e. The molecule has 5 heteroatoms. The van der Waals surface area contributed by atoms with Crippen molar-refractivity contribution in [3.05, 3.63) is 58.7 Å². The summed E-state index contributed by atoms with van der Waals surface area (Å²) in [5.41, 5.74) is 4.32. The van der Waals surface area contributed by atoms with Crippen LogP contribution in [0.5, 0.6) is 0 Å². The van der Waals surface area contributed by atoms with Gasteiger partial charge in [0.25, 0.3) is 0 Å². The third-order valence-electron chi connectivity index (χ3n) is 4.03. The van der Waals surface area contributed by atoms with Gasteiger partial charge in [0.05, 0.1) is 4.88 Å². The van der Waals surface area contributed by atoms with E-state index in [1.165, 1.54) is 5.56 Å². The fraction of sp³-hybridized carbons (Fsp3) is 0.263. The Hall–Kier alpha value is -2.40. The number of thiophene rings is 1. The smallest absolute Gasteiger partial charge is 0.226 e. The maximum atomic E-state index is 12.3. The van der Waals surface area contributed by atoms with Crippen molar-refractivity contribution in [2.75, 3.05) is 5.32 Å². The van der Waals surface area contributed by atoms with Crippen LogP contribution in [0.25, 0.3) is 10.7 Å². The van der Waals surface area contributed by atoms with Gasteiger partial charge in [-0.05, 0) is 55.0 Å². The highest BCUT2D eigenvalue weighted by Crippen LogP contribution is 2.27. The number of hydrogen-bond donors (Lipinski definition) is 1. The highest BCUT2D eigenvalue weighted by atomic mass is 32.1. The second-order valence-corrected chi connectivity index (χ2v) is 6.91. The number of nitrogens with one attached hydrogen (secondary N) is 1. The van der Waals surface area contributed by atoms with E-state index in [2.05, 4.69) is 28.7 Å². The zero-order chi connectivity index (χ0) is 17.1. The predicted molar refractivity (Wildman–Crippen MR) is 99.4 cm³/mol. The normalized spacial score (nSPS) is 10.8. The summed E-state index contributed by atoms with van der Waals surface area (Å²) in [4.78, 5) is 17.9. The third kappa shape index (κ3) is 3.57. The van der Waals surface area contributed by atoms with Crippen molar-refractivity contribution in [3.8, 4) is 10.7 Å². The number of amides is 1. The average Bonchev–Trinajstić information content (AvgIpc) is 3.17. The van der Waals surface area contributed by atoms with Crippen molar-refractivity contribution < 1.29 is 4.79 Å². The second-order valence-electron chi connectivity index (χ2n) is 5.99. The first kappa shape index (κ1) is 16.5. The Labute approximate surface area is 146 Å². The lowest BCUT2D eigenvalue weighted by molar-refractivity contribution is -0.116. The number of carbonyl (C=O) groups excluding carboxylic acids is 1. The van der Waals surface area contributed by atoms with Gasteiger partial charge in [0, 0.05) is 31.0 Å². The van der Waals surface area contributed by atoms with Gasteiger partial charge >= 0.3 is 0 Å². The summed E-state index contributed by atoms with van der Waals surface area (Å²) in [6.45, 7) is 6.72. The Balaban J connectivity index is 1.66. The molecule has 0 atom stereocenters. The number of benzene rings is 1. The second kappa shape index (κ2) is 7.01. The minimum Gasteiger partial charge on any atom is -0.330 e. The van der Waals surface area contributed by atoms with E-state index >= 15 is 0 Å². The van der Waals surface area contributed by atoms with Crippen LogP contribution in [0, 0.1) is 20.8 Å². The summed E-state index contributed by atoms with van der Waals surface area (Å²) in [5.74, 6) is 0.952. The fourth-order valence-corrected chi connectivity index (χ4v) is 3.54. The van der Waals surface area contributed by atoms with Crippen molar-refractivity contribution in [2.24, 2.45) is 0 Å². The molecule has 124 valence electrons. The Morgan fingerprint density at radius 3 is 2.79 bits per heavy atom. The topological polar surface area (TPSA) is 46.9 Å². The minimum atomic E-state index is 0.0197. The number of imidazole rings is 1. The summed E-state index contributed by atoms with van der Waals surface area (Å²) in [6, 6.07) is 8.17. The molecule has 0 spiro atoms. The van der Waals surface area contributed by atoms with Crippen LogP contribution < -0.4 is 5.32 Å². The molecule has 24 heavy (non-hydrogen) atoms. The van der Waals surface area contributed by atoms with E-state index in [9.17, 15) is 4.79 Å². The van der Waals surface area contributed by atoms with Gasteiger partial charge in [0.15, 0.2) is 0 Å². The molecule has 1 amide bonds. The summed E-state index contributed by atoms with van der Waals surface area (Å²) >= 11 is 1.68. The maximum absolute atomic E-state index is 12.3. The molecule has 0 saturated carbocycles. The predicted octanol–water partition coefficient (Wildman–Crippen LogP) is 4.57. The van der Waals surface area contributed by atoms with Gasteiger partial charge in [-0.25, -0.2) is 4.98 Å². The molecule has 1 aromatic carbocycles. The molecule has 0 aliphatic carbocycles. The molecule has 0 aliphatic heterocycles. The quantitative estimate of drug-likeness (QED) is 0.740. The number of hydrogen-bond acceptors (Lipinski definition) is 3. The molecule has 2 heterocycles. The molecule has 0 fully saturated rings. The van der Waals surface area contributed by atoms with E-state index in [1.54, 1.807) is 17.5 Å². The monoisotopic (exact) mass is 339 g/mol. The van der Waals surface area contributed by atoms with Crippen molar-refractivity contribution in [2.45, 2.75) is 33.7 Å². The molecule has 1 N–H and O–H groups in total. The Kier molecular flexibility index (Phi) is 4.81. The van der Waals surface area contributed by atoms with Crippen LogP contribution in [-0.2, 0) is 11.3 Å². The first-order valence-corrected chi connectivity index (χ1v) is 8.85. The summed E-state index contributed by atoms with van der Waals surface area (Å²) in [7, 11) is 0. The molecule has 3 aromatic rings. The molecular formula is C19H21N3OS. The number of carbonyl (C=O) groups is 1. The van der Waals surface area contributed by atoms with Gasteiger partial charge in [0.1, 0.15) is 5.82 Å². The van der Waals surface area contributed by atoms with Gasteiger partial charge in [-0.15, -0.1) is 11.3 Å². The minimum absolute atomic E-state index is 0.0197. The van der Waals surface area contributed by atoms with Crippen LogP contribution >= 0.6 is 11.3 Å². The van der Waals surface area contributed by atoms with E-state index < -0.39 is 0 Å². The van der Waals surface area contributed by atoms with Gasteiger partial charge in [-0.2, -0.15) is 0 Å².